The predicted molar refractivity (Wildman–Crippen MR) is 105 cm³/mol. The Balaban J connectivity index is 1.56. The number of nitrogens with one attached hydrogen (secondary N) is 1. The van der Waals surface area contributed by atoms with Gasteiger partial charge in [-0.25, -0.2) is 4.98 Å². The summed E-state index contributed by atoms with van der Waals surface area (Å²) in [5.74, 6) is 2.01. The third-order valence-electron chi connectivity index (χ3n) is 4.66. The number of carbonyl (C=O) groups excluding carboxylic acids is 1. The molecule has 0 bridgehead atoms. The van der Waals surface area contributed by atoms with Gasteiger partial charge in [0.1, 0.15) is 17.2 Å². The maximum absolute atomic E-state index is 12.4. The van der Waals surface area contributed by atoms with E-state index in [-0.39, 0.29) is 11.9 Å². The SMILES string of the molecule is COc1cc(OC)c(CCC(=O)NC2CCN(c3nccs3)C2)c(OC)c1. The number of carbonyl (C=O) groups is 1. The standard InChI is InChI=1S/C19H25N3O4S/c1-24-14-10-16(25-2)15(17(11-14)26-3)4-5-18(23)21-13-6-8-22(12-13)19-20-7-9-27-19/h7,9-11,13H,4-6,8,12H2,1-3H3,(H,21,23). The Morgan fingerprint density at radius 3 is 2.59 bits per heavy atom. The van der Waals surface area contributed by atoms with Crippen molar-refractivity contribution in [2.75, 3.05) is 39.3 Å². The number of nitrogens with zero attached hydrogens (tertiary/aromatic N) is 2. The number of thiazole rings is 1. The molecule has 7 nitrogen and oxygen atoms in total. The molecule has 1 atom stereocenters. The molecule has 2 aromatic rings. The second kappa shape index (κ2) is 8.94. The molecule has 1 aliphatic rings. The third-order valence-corrected chi connectivity index (χ3v) is 5.49. The van der Waals surface area contributed by atoms with Crippen LogP contribution in [0.25, 0.3) is 0 Å². The van der Waals surface area contributed by atoms with Crippen molar-refractivity contribution in [3.05, 3.63) is 29.3 Å². The van der Waals surface area contributed by atoms with Gasteiger partial charge in [0.15, 0.2) is 5.13 Å². The van der Waals surface area contributed by atoms with Crippen LogP contribution in [0.15, 0.2) is 23.7 Å². The monoisotopic (exact) mass is 391 g/mol. The highest BCUT2D eigenvalue weighted by Gasteiger charge is 2.25. The van der Waals surface area contributed by atoms with Gasteiger partial charge >= 0.3 is 0 Å². The van der Waals surface area contributed by atoms with E-state index in [4.69, 9.17) is 14.2 Å². The second-order valence-electron chi connectivity index (χ2n) is 6.32. The Hall–Kier alpha value is -2.48. The highest BCUT2D eigenvalue weighted by atomic mass is 32.1. The second-order valence-corrected chi connectivity index (χ2v) is 7.20. The molecular weight excluding hydrogens is 366 g/mol. The highest BCUT2D eigenvalue weighted by Crippen LogP contribution is 2.34. The first-order valence-electron chi connectivity index (χ1n) is 8.87. The maximum atomic E-state index is 12.4. The minimum Gasteiger partial charge on any atom is -0.496 e. The molecule has 0 radical (unpaired) electrons. The van der Waals surface area contributed by atoms with Crippen molar-refractivity contribution in [3.63, 3.8) is 0 Å². The van der Waals surface area contributed by atoms with Crippen LogP contribution in [0.5, 0.6) is 17.2 Å². The van der Waals surface area contributed by atoms with Crippen LogP contribution < -0.4 is 24.4 Å². The lowest BCUT2D eigenvalue weighted by atomic mass is 10.1. The van der Waals surface area contributed by atoms with Gasteiger partial charge in [-0.2, -0.15) is 0 Å². The van der Waals surface area contributed by atoms with Gasteiger partial charge in [0.25, 0.3) is 0 Å². The number of hydrogen-bond acceptors (Lipinski definition) is 7. The summed E-state index contributed by atoms with van der Waals surface area (Å²) in [6.45, 7) is 1.72. The minimum absolute atomic E-state index is 0.0286. The van der Waals surface area contributed by atoms with Crippen LogP contribution in [0.2, 0.25) is 0 Å². The smallest absolute Gasteiger partial charge is 0.220 e. The summed E-state index contributed by atoms with van der Waals surface area (Å²) in [6, 6.07) is 3.76. The predicted octanol–water partition coefficient (Wildman–Crippen LogP) is 2.50. The lowest BCUT2D eigenvalue weighted by Gasteiger charge is -2.17. The van der Waals surface area contributed by atoms with E-state index in [9.17, 15) is 4.79 Å². The van der Waals surface area contributed by atoms with Gasteiger partial charge in [-0.3, -0.25) is 4.79 Å². The molecule has 27 heavy (non-hydrogen) atoms. The van der Waals surface area contributed by atoms with Crippen molar-refractivity contribution in [1.29, 1.82) is 0 Å². The number of hydrogen-bond donors (Lipinski definition) is 1. The first-order valence-corrected chi connectivity index (χ1v) is 9.75. The molecule has 1 unspecified atom stereocenters. The molecule has 1 aromatic carbocycles. The summed E-state index contributed by atoms with van der Waals surface area (Å²) >= 11 is 1.62. The van der Waals surface area contributed by atoms with Crippen LogP contribution in [0.1, 0.15) is 18.4 Å². The van der Waals surface area contributed by atoms with Crippen molar-refractivity contribution >= 4 is 22.4 Å². The number of ether oxygens (including phenoxy) is 3. The van der Waals surface area contributed by atoms with Gasteiger partial charge in [-0.1, -0.05) is 0 Å². The molecule has 8 heteroatoms. The fourth-order valence-corrected chi connectivity index (χ4v) is 3.97. The summed E-state index contributed by atoms with van der Waals surface area (Å²) in [6.07, 6.45) is 3.64. The molecule has 1 aromatic heterocycles. The molecule has 1 aliphatic heterocycles. The van der Waals surface area contributed by atoms with E-state index in [0.717, 1.165) is 30.2 Å². The van der Waals surface area contributed by atoms with Crippen molar-refractivity contribution < 1.29 is 19.0 Å². The van der Waals surface area contributed by atoms with Gasteiger partial charge in [0.05, 0.1) is 21.3 Å². The van der Waals surface area contributed by atoms with Crippen molar-refractivity contribution in [2.45, 2.75) is 25.3 Å². The Morgan fingerprint density at radius 1 is 1.26 bits per heavy atom. The van der Waals surface area contributed by atoms with Crippen molar-refractivity contribution in [2.24, 2.45) is 0 Å². The van der Waals surface area contributed by atoms with Gasteiger partial charge in [0.2, 0.25) is 5.91 Å². The van der Waals surface area contributed by atoms with Crippen LogP contribution in [-0.4, -0.2) is 51.4 Å². The number of anilines is 1. The number of aromatic nitrogens is 1. The van der Waals surface area contributed by atoms with E-state index >= 15 is 0 Å². The molecule has 146 valence electrons. The van der Waals surface area contributed by atoms with E-state index in [1.165, 1.54) is 0 Å². The minimum atomic E-state index is 0.0286. The number of amides is 1. The number of methoxy groups -OCH3 is 3. The summed E-state index contributed by atoms with van der Waals surface area (Å²) in [5.41, 5.74) is 0.867. The fourth-order valence-electron chi connectivity index (χ4n) is 3.29. The molecule has 2 heterocycles. The molecule has 1 fully saturated rings. The van der Waals surface area contributed by atoms with Gasteiger partial charge in [-0.05, 0) is 12.8 Å². The quantitative estimate of drug-likeness (QED) is 0.745. The summed E-state index contributed by atoms with van der Waals surface area (Å²) in [7, 11) is 4.80. The van der Waals surface area contributed by atoms with E-state index in [0.29, 0.717) is 30.1 Å². The maximum Gasteiger partial charge on any atom is 0.220 e. The molecule has 0 aliphatic carbocycles. The Bertz CT molecular complexity index is 741. The van der Waals surface area contributed by atoms with Crippen LogP contribution in [0, 0.1) is 0 Å². The van der Waals surface area contributed by atoms with Crippen LogP contribution in [-0.2, 0) is 11.2 Å². The van der Waals surface area contributed by atoms with Crippen molar-refractivity contribution in [3.8, 4) is 17.2 Å². The average Bonchev–Trinajstić information content (AvgIpc) is 3.37. The highest BCUT2D eigenvalue weighted by molar-refractivity contribution is 7.13. The van der Waals surface area contributed by atoms with Crippen molar-refractivity contribution in [1.82, 2.24) is 10.3 Å². The average molecular weight is 391 g/mol. The van der Waals surface area contributed by atoms with E-state index < -0.39 is 0 Å². The number of benzene rings is 1. The largest absolute Gasteiger partial charge is 0.496 e. The fraction of sp³-hybridized carbons (Fsp3) is 0.474. The van der Waals surface area contributed by atoms with E-state index in [1.54, 1.807) is 44.8 Å². The molecular formula is C19H25N3O4S. The zero-order chi connectivity index (χ0) is 19.2. The third kappa shape index (κ3) is 4.63. The Morgan fingerprint density at radius 2 is 2.00 bits per heavy atom. The Kier molecular flexibility index (Phi) is 6.39. The van der Waals surface area contributed by atoms with Gasteiger partial charge < -0.3 is 24.4 Å². The summed E-state index contributed by atoms with van der Waals surface area (Å²) in [4.78, 5) is 19.0. The van der Waals surface area contributed by atoms with Gasteiger partial charge in [0, 0.05) is 54.8 Å². The van der Waals surface area contributed by atoms with E-state index in [1.807, 2.05) is 11.6 Å². The lowest BCUT2D eigenvalue weighted by Crippen LogP contribution is -2.37. The van der Waals surface area contributed by atoms with Crippen LogP contribution >= 0.6 is 11.3 Å². The summed E-state index contributed by atoms with van der Waals surface area (Å²) in [5, 5.41) is 6.11. The zero-order valence-electron chi connectivity index (χ0n) is 15.9. The van der Waals surface area contributed by atoms with E-state index in [2.05, 4.69) is 15.2 Å². The summed E-state index contributed by atoms with van der Waals surface area (Å²) < 4.78 is 16.2. The van der Waals surface area contributed by atoms with Gasteiger partial charge in [-0.15, -0.1) is 11.3 Å². The molecule has 1 amide bonds. The first kappa shape index (κ1) is 19.3. The zero-order valence-corrected chi connectivity index (χ0v) is 16.7. The molecule has 0 spiro atoms. The Labute approximate surface area is 163 Å². The normalized spacial score (nSPS) is 16.3. The topological polar surface area (TPSA) is 72.9 Å². The van der Waals surface area contributed by atoms with Crippen LogP contribution in [0.3, 0.4) is 0 Å². The molecule has 3 rings (SSSR count). The number of rotatable bonds is 8. The van der Waals surface area contributed by atoms with Crippen LogP contribution in [0.4, 0.5) is 5.13 Å². The lowest BCUT2D eigenvalue weighted by molar-refractivity contribution is -0.121. The first-order chi connectivity index (χ1) is 13.1. The molecule has 1 saturated heterocycles. The molecule has 0 saturated carbocycles. The molecule has 1 N–H and O–H groups in total.